The molecular formula is C18H20N4O2S. The lowest BCUT2D eigenvalue weighted by Crippen LogP contribution is -2.39. The summed E-state index contributed by atoms with van der Waals surface area (Å²) in [7, 11) is 0. The third-order valence-corrected chi connectivity index (χ3v) is 5.82. The molecule has 0 unspecified atom stereocenters. The number of rotatable bonds is 2. The average molecular weight is 356 g/mol. The van der Waals surface area contributed by atoms with Crippen LogP contribution in [0.1, 0.15) is 30.5 Å². The van der Waals surface area contributed by atoms with Crippen molar-refractivity contribution < 1.29 is 4.79 Å². The van der Waals surface area contributed by atoms with Crippen LogP contribution in [-0.4, -0.2) is 38.4 Å². The highest BCUT2D eigenvalue weighted by Crippen LogP contribution is 2.31. The number of hydrogen-bond donors (Lipinski definition) is 0. The molecule has 3 aromatic heterocycles. The molecule has 0 aliphatic carbocycles. The number of carbonyl (C=O) groups excluding carboxylic acids is 1. The highest BCUT2D eigenvalue weighted by atomic mass is 32.1. The van der Waals surface area contributed by atoms with E-state index in [0.29, 0.717) is 10.2 Å². The summed E-state index contributed by atoms with van der Waals surface area (Å²) in [5.41, 5.74) is 2.53. The molecule has 1 aliphatic rings. The van der Waals surface area contributed by atoms with Crippen LogP contribution in [0, 0.1) is 13.8 Å². The van der Waals surface area contributed by atoms with Crippen LogP contribution in [0.25, 0.3) is 20.4 Å². The minimum atomic E-state index is -0.157. The minimum absolute atomic E-state index is 0.00536. The van der Waals surface area contributed by atoms with Crippen LogP contribution in [0.2, 0.25) is 0 Å². The third-order valence-electron chi connectivity index (χ3n) is 4.76. The summed E-state index contributed by atoms with van der Waals surface area (Å²) in [6.45, 7) is 5.58. The lowest BCUT2D eigenvalue weighted by atomic mass is 10.1. The van der Waals surface area contributed by atoms with E-state index in [1.807, 2.05) is 24.8 Å². The number of hydrogen-bond acceptors (Lipinski definition) is 5. The molecule has 0 bridgehead atoms. The van der Waals surface area contributed by atoms with Crippen LogP contribution in [0.15, 0.2) is 17.2 Å². The summed E-state index contributed by atoms with van der Waals surface area (Å²) in [6, 6.07) is 2.00. The first-order chi connectivity index (χ1) is 12.0. The SMILES string of the molecule is Cc1cc(C)c2c(n1)sc1c(=O)n(CC(=O)N3CCCCC3)cnc12. The van der Waals surface area contributed by atoms with E-state index < -0.39 is 0 Å². The second kappa shape index (κ2) is 6.22. The van der Waals surface area contributed by atoms with Gasteiger partial charge in [0, 0.05) is 24.2 Å². The van der Waals surface area contributed by atoms with Crippen molar-refractivity contribution in [3.05, 3.63) is 34.0 Å². The molecule has 1 amide bonds. The molecule has 4 heterocycles. The summed E-state index contributed by atoms with van der Waals surface area (Å²) < 4.78 is 2.00. The van der Waals surface area contributed by atoms with Crippen LogP contribution in [0.5, 0.6) is 0 Å². The molecular weight excluding hydrogens is 336 g/mol. The minimum Gasteiger partial charge on any atom is -0.341 e. The van der Waals surface area contributed by atoms with E-state index in [-0.39, 0.29) is 18.0 Å². The zero-order valence-electron chi connectivity index (χ0n) is 14.4. The van der Waals surface area contributed by atoms with E-state index >= 15 is 0 Å². The van der Waals surface area contributed by atoms with E-state index in [9.17, 15) is 9.59 Å². The maximum Gasteiger partial charge on any atom is 0.271 e. The largest absolute Gasteiger partial charge is 0.341 e. The van der Waals surface area contributed by atoms with E-state index in [4.69, 9.17) is 0 Å². The predicted octanol–water partition coefficient (Wildman–Crippen LogP) is 2.64. The molecule has 25 heavy (non-hydrogen) atoms. The normalized spacial score (nSPS) is 15.2. The van der Waals surface area contributed by atoms with Gasteiger partial charge in [-0.25, -0.2) is 9.97 Å². The van der Waals surface area contributed by atoms with Crippen molar-refractivity contribution in [3.63, 3.8) is 0 Å². The highest BCUT2D eigenvalue weighted by Gasteiger charge is 2.19. The Morgan fingerprint density at radius 2 is 2.00 bits per heavy atom. The summed E-state index contributed by atoms with van der Waals surface area (Å²) in [5, 5.41) is 0.942. The molecule has 0 saturated carbocycles. The van der Waals surface area contributed by atoms with Crippen LogP contribution in [-0.2, 0) is 11.3 Å². The van der Waals surface area contributed by atoms with Crippen molar-refractivity contribution in [2.24, 2.45) is 0 Å². The van der Waals surface area contributed by atoms with Gasteiger partial charge in [-0.1, -0.05) is 0 Å². The van der Waals surface area contributed by atoms with Crippen molar-refractivity contribution in [1.29, 1.82) is 0 Å². The monoisotopic (exact) mass is 356 g/mol. The number of nitrogens with zero attached hydrogens (tertiary/aromatic N) is 4. The van der Waals surface area contributed by atoms with Gasteiger partial charge in [-0.2, -0.15) is 0 Å². The zero-order valence-corrected chi connectivity index (χ0v) is 15.2. The van der Waals surface area contributed by atoms with Gasteiger partial charge in [-0.15, -0.1) is 11.3 Å². The van der Waals surface area contributed by atoms with Crippen LogP contribution in [0.4, 0.5) is 0 Å². The van der Waals surface area contributed by atoms with Gasteiger partial charge >= 0.3 is 0 Å². The quantitative estimate of drug-likeness (QED) is 0.708. The second-order valence-electron chi connectivity index (χ2n) is 6.66. The fraction of sp³-hybridized carbons (Fsp3) is 0.444. The second-order valence-corrected chi connectivity index (χ2v) is 7.66. The number of likely N-dealkylation sites (tertiary alicyclic amines) is 1. The first kappa shape index (κ1) is 16.2. The standard InChI is InChI=1S/C18H20N4O2S/c1-11-8-12(2)20-17-14(11)15-16(25-17)18(24)22(10-19-15)9-13(23)21-6-4-3-5-7-21/h8,10H,3-7,9H2,1-2H3. The number of piperidine rings is 1. The topological polar surface area (TPSA) is 68.1 Å². The molecule has 1 aliphatic heterocycles. The summed E-state index contributed by atoms with van der Waals surface area (Å²) in [5.74, 6) is -0.00536. The number of aryl methyl sites for hydroxylation is 2. The molecule has 1 saturated heterocycles. The summed E-state index contributed by atoms with van der Waals surface area (Å²) in [6.07, 6.45) is 4.75. The van der Waals surface area contributed by atoms with Crippen LogP contribution >= 0.6 is 11.3 Å². The van der Waals surface area contributed by atoms with Crippen molar-refractivity contribution in [1.82, 2.24) is 19.4 Å². The van der Waals surface area contributed by atoms with E-state index in [2.05, 4.69) is 9.97 Å². The average Bonchev–Trinajstić information content (AvgIpc) is 2.97. The Labute approximate surface area is 149 Å². The Kier molecular flexibility index (Phi) is 4.03. The van der Waals surface area contributed by atoms with Gasteiger partial charge in [0.2, 0.25) is 5.91 Å². The first-order valence-electron chi connectivity index (χ1n) is 8.58. The number of aromatic nitrogens is 3. The maximum atomic E-state index is 12.8. The van der Waals surface area contributed by atoms with Crippen molar-refractivity contribution in [2.75, 3.05) is 13.1 Å². The summed E-state index contributed by atoms with van der Waals surface area (Å²) in [4.78, 5) is 37.0. The van der Waals surface area contributed by atoms with Gasteiger partial charge in [0.15, 0.2) is 0 Å². The van der Waals surface area contributed by atoms with Crippen LogP contribution in [0.3, 0.4) is 0 Å². The molecule has 0 aromatic carbocycles. The third kappa shape index (κ3) is 2.82. The molecule has 0 spiro atoms. The first-order valence-corrected chi connectivity index (χ1v) is 9.40. The Bertz CT molecular complexity index is 1030. The van der Waals surface area contributed by atoms with Gasteiger partial charge < -0.3 is 4.90 Å². The number of fused-ring (bicyclic) bond motifs is 3. The van der Waals surface area contributed by atoms with Gasteiger partial charge in [-0.3, -0.25) is 14.2 Å². The number of amides is 1. The molecule has 7 heteroatoms. The smallest absolute Gasteiger partial charge is 0.271 e. The van der Waals surface area contributed by atoms with Gasteiger partial charge in [0.25, 0.3) is 5.56 Å². The molecule has 4 rings (SSSR count). The fourth-order valence-electron chi connectivity index (χ4n) is 3.50. The molecule has 0 N–H and O–H groups in total. The van der Waals surface area contributed by atoms with Crippen molar-refractivity contribution in [3.8, 4) is 0 Å². The van der Waals surface area contributed by atoms with E-state index in [0.717, 1.165) is 47.4 Å². The molecule has 3 aromatic rings. The lowest BCUT2D eigenvalue weighted by molar-refractivity contribution is -0.132. The van der Waals surface area contributed by atoms with Gasteiger partial charge in [0.1, 0.15) is 16.1 Å². The highest BCUT2D eigenvalue weighted by molar-refractivity contribution is 7.25. The Morgan fingerprint density at radius 3 is 2.76 bits per heavy atom. The predicted molar refractivity (Wildman–Crippen MR) is 99.1 cm³/mol. The Hall–Kier alpha value is -2.28. The zero-order chi connectivity index (χ0) is 17.6. The molecule has 0 atom stereocenters. The molecule has 130 valence electrons. The van der Waals surface area contributed by atoms with Gasteiger partial charge in [-0.05, 0) is 44.7 Å². The molecule has 6 nitrogen and oxygen atoms in total. The fourth-order valence-corrected chi connectivity index (χ4v) is 4.70. The van der Waals surface area contributed by atoms with E-state index in [1.165, 1.54) is 28.7 Å². The van der Waals surface area contributed by atoms with Gasteiger partial charge in [0.05, 0.1) is 11.8 Å². The van der Waals surface area contributed by atoms with E-state index in [1.54, 1.807) is 0 Å². The number of pyridine rings is 1. The van der Waals surface area contributed by atoms with Crippen LogP contribution < -0.4 is 5.56 Å². The molecule has 1 fully saturated rings. The number of thiophene rings is 1. The number of carbonyl (C=O) groups is 1. The van der Waals surface area contributed by atoms with Crippen molar-refractivity contribution in [2.45, 2.75) is 39.7 Å². The lowest BCUT2D eigenvalue weighted by Gasteiger charge is -2.26. The maximum absolute atomic E-state index is 12.8. The molecule has 0 radical (unpaired) electrons. The van der Waals surface area contributed by atoms with Crippen molar-refractivity contribution >= 4 is 37.7 Å². The Balaban J connectivity index is 1.75. The summed E-state index contributed by atoms with van der Waals surface area (Å²) >= 11 is 1.36. The Morgan fingerprint density at radius 1 is 1.24 bits per heavy atom.